The second-order valence-corrected chi connectivity index (χ2v) is 8.57. The number of nitrogens with one attached hydrogen (secondary N) is 2. The first-order valence-electron chi connectivity index (χ1n) is 7.13. The highest BCUT2D eigenvalue weighted by Crippen LogP contribution is 2.24. The van der Waals surface area contributed by atoms with Gasteiger partial charge in [0.2, 0.25) is 21.8 Å². The van der Waals surface area contributed by atoms with Gasteiger partial charge in [0, 0.05) is 22.8 Å². The zero-order valence-corrected chi connectivity index (χ0v) is 15.8. The van der Waals surface area contributed by atoms with E-state index in [9.17, 15) is 13.2 Å². The molecule has 3 aromatic rings. The van der Waals surface area contributed by atoms with Crippen molar-refractivity contribution in [2.24, 2.45) is 0 Å². The van der Waals surface area contributed by atoms with Crippen LogP contribution in [0.3, 0.4) is 0 Å². The fourth-order valence-corrected chi connectivity index (χ4v) is 3.52. The highest BCUT2D eigenvalue weighted by atomic mass is 32.2. The van der Waals surface area contributed by atoms with Crippen LogP contribution in [0, 0.1) is 0 Å². The number of anilines is 2. The number of amides is 1. The maximum Gasteiger partial charge on any atom is 0.277 e. The van der Waals surface area contributed by atoms with E-state index in [4.69, 9.17) is 4.42 Å². The third-order valence-electron chi connectivity index (χ3n) is 2.85. The fourth-order valence-electron chi connectivity index (χ4n) is 1.85. The summed E-state index contributed by atoms with van der Waals surface area (Å²) in [4.78, 5) is 15.8. The number of sulfonamides is 1. The molecule has 2 N–H and O–H groups in total. The Morgan fingerprint density at radius 3 is 2.69 bits per heavy atom. The van der Waals surface area contributed by atoms with Gasteiger partial charge in [-0.2, -0.15) is 0 Å². The third kappa shape index (κ3) is 5.28. The first-order chi connectivity index (χ1) is 12.4. The van der Waals surface area contributed by atoms with Gasteiger partial charge in [0.1, 0.15) is 0 Å². The summed E-state index contributed by atoms with van der Waals surface area (Å²) in [5.74, 6) is 0.165. The summed E-state index contributed by atoms with van der Waals surface area (Å²) in [5.41, 5.74) is 1.07. The molecular weight excluding hydrogens is 398 g/mol. The lowest BCUT2D eigenvalue weighted by molar-refractivity contribution is -0.113. The number of benzene rings is 1. The van der Waals surface area contributed by atoms with Gasteiger partial charge in [-0.25, -0.2) is 13.4 Å². The monoisotopic (exact) mass is 411 g/mol. The van der Waals surface area contributed by atoms with Crippen LogP contribution in [0.2, 0.25) is 0 Å². The van der Waals surface area contributed by atoms with E-state index >= 15 is 0 Å². The van der Waals surface area contributed by atoms with Crippen molar-refractivity contribution in [3.05, 3.63) is 35.8 Å². The van der Waals surface area contributed by atoms with Crippen molar-refractivity contribution in [1.82, 2.24) is 15.2 Å². The molecule has 2 heterocycles. The van der Waals surface area contributed by atoms with E-state index in [2.05, 4.69) is 25.2 Å². The molecule has 0 unspecified atom stereocenters. The molecule has 12 heteroatoms. The summed E-state index contributed by atoms with van der Waals surface area (Å²) in [6, 6.07) is 6.50. The molecule has 26 heavy (non-hydrogen) atoms. The molecule has 0 saturated heterocycles. The zero-order valence-electron chi connectivity index (χ0n) is 13.4. The SMILES string of the molecule is CS(=O)(=O)Nc1ccc(-c2nnc(SCC(=O)Nc3nccs3)o2)cc1. The molecule has 2 aromatic heterocycles. The van der Waals surface area contributed by atoms with Crippen LogP contribution < -0.4 is 10.0 Å². The summed E-state index contributed by atoms with van der Waals surface area (Å²) in [6.07, 6.45) is 2.68. The minimum atomic E-state index is -3.33. The van der Waals surface area contributed by atoms with Crippen LogP contribution in [0.1, 0.15) is 0 Å². The van der Waals surface area contributed by atoms with Gasteiger partial charge in [-0.15, -0.1) is 21.5 Å². The Morgan fingerprint density at radius 2 is 2.04 bits per heavy atom. The van der Waals surface area contributed by atoms with E-state index in [-0.39, 0.29) is 22.8 Å². The van der Waals surface area contributed by atoms with Crippen molar-refractivity contribution in [2.75, 3.05) is 22.0 Å². The number of rotatable bonds is 7. The van der Waals surface area contributed by atoms with Gasteiger partial charge in [0.25, 0.3) is 5.22 Å². The Balaban J connectivity index is 1.58. The van der Waals surface area contributed by atoms with Gasteiger partial charge in [-0.05, 0) is 24.3 Å². The van der Waals surface area contributed by atoms with E-state index in [0.29, 0.717) is 16.4 Å². The molecule has 0 fully saturated rings. The predicted octanol–water partition coefficient (Wildman–Crippen LogP) is 2.30. The van der Waals surface area contributed by atoms with Gasteiger partial charge in [-0.3, -0.25) is 9.52 Å². The summed E-state index contributed by atoms with van der Waals surface area (Å²) in [7, 11) is -3.33. The number of carbonyl (C=O) groups excluding carboxylic acids is 1. The van der Waals surface area contributed by atoms with Crippen LogP contribution in [0.25, 0.3) is 11.5 Å². The number of thiazole rings is 1. The summed E-state index contributed by atoms with van der Waals surface area (Å²) < 4.78 is 30.3. The van der Waals surface area contributed by atoms with Crippen molar-refractivity contribution in [2.45, 2.75) is 5.22 Å². The highest BCUT2D eigenvalue weighted by molar-refractivity contribution is 7.99. The Kier molecular flexibility index (Phi) is 5.54. The highest BCUT2D eigenvalue weighted by Gasteiger charge is 2.12. The lowest BCUT2D eigenvalue weighted by atomic mass is 10.2. The van der Waals surface area contributed by atoms with Crippen LogP contribution in [0.4, 0.5) is 10.8 Å². The third-order valence-corrected chi connectivity index (χ3v) is 4.96. The fraction of sp³-hybridized carbons (Fsp3) is 0.143. The van der Waals surface area contributed by atoms with E-state index in [0.717, 1.165) is 18.0 Å². The topological polar surface area (TPSA) is 127 Å². The van der Waals surface area contributed by atoms with Crippen LogP contribution in [0.5, 0.6) is 0 Å². The van der Waals surface area contributed by atoms with Crippen LogP contribution in [-0.4, -0.2) is 41.5 Å². The zero-order chi connectivity index (χ0) is 18.6. The lowest BCUT2D eigenvalue weighted by Gasteiger charge is -2.03. The molecule has 0 radical (unpaired) electrons. The second kappa shape index (κ2) is 7.85. The van der Waals surface area contributed by atoms with Gasteiger partial charge >= 0.3 is 0 Å². The molecule has 136 valence electrons. The van der Waals surface area contributed by atoms with E-state index in [1.54, 1.807) is 35.8 Å². The Morgan fingerprint density at radius 1 is 1.27 bits per heavy atom. The molecule has 0 atom stereocenters. The summed E-state index contributed by atoms with van der Waals surface area (Å²) >= 11 is 2.44. The Hall–Kier alpha value is -2.44. The van der Waals surface area contributed by atoms with Crippen LogP contribution in [0.15, 0.2) is 45.5 Å². The summed E-state index contributed by atoms with van der Waals surface area (Å²) in [5, 5.41) is 13.0. The normalized spacial score (nSPS) is 11.3. The van der Waals surface area contributed by atoms with E-state index < -0.39 is 10.0 Å². The maximum absolute atomic E-state index is 11.8. The molecule has 0 bridgehead atoms. The first kappa shape index (κ1) is 18.4. The van der Waals surface area contributed by atoms with Crippen molar-refractivity contribution in [1.29, 1.82) is 0 Å². The number of carbonyl (C=O) groups is 1. The number of thioether (sulfide) groups is 1. The average Bonchev–Trinajstić information content (AvgIpc) is 3.24. The maximum atomic E-state index is 11.8. The number of hydrogen-bond donors (Lipinski definition) is 2. The average molecular weight is 411 g/mol. The smallest absolute Gasteiger partial charge is 0.277 e. The number of nitrogens with zero attached hydrogens (tertiary/aromatic N) is 3. The minimum absolute atomic E-state index is 0.110. The quantitative estimate of drug-likeness (QED) is 0.567. The molecule has 0 spiro atoms. The molecule has 0 saturated carbocycles. The van der Waals surface area contributed by atoms with E-state index in [1.807, 2.05) is 0 Å². The van der Waals surface area contributed by atoms with Crippen LogP contribution >= 0.6 is 23.1 Å². The number of hydrogen-bond acceptors (Lipinski definition) is 9. The van der Waals surface area contributed by atoms with Crippen molar-refractivity contribution in [3.63, 3.8) is 0 Å². The van der Waals surface area contributed by atoms with Crippen molar-refractivity contribution >= 4 is 49.8 Å². The molecule has 1 aromatic carbocycles. The molecule has 0 aliphatic rings. The van der Waals surface area contributed by atoms with Crippen LogP contribution in [-0.2, 0) is 14.8 Å². The Bertz CT molecular complexity index is 984. The molecular formula is C14H13N5O4S3. The predicted molar refractivity (Wildman–Crippen MR) is 99.7 cm³/mol. The minimum Gasteiger partial charge on any atom is -0.411 e. The van der Waals surface area contributed by atoms with E-state index in [1.165, 1.54) is 11.3 Å². The van der Waals surface area contributed by atoms with Crippen molar-refractivity contribution < 1.29 is 17.6 Å². The molecule has 0 aliphatic carbocycles. The Labute approximate surface area is 157 Å². The van der Waals surface area contributed by atoms with Gasteiger partial charge < -0.3 is 9.73 Å². The number of aromatic nitrogens is 3. The first-order valence-corrected chi connectivity index (χ1v) is 10.9. The molecule has 1 amide bonds. The van der Waals surface area contributed by atoms with Crippen molar-refractivity contribution in [3.8, 4) is 11.5 Å². The second-order valence-electron chi connectivity index (χ2n) is 5.00. The molecule has 0 aliphatic heterocycles. The lowest BCUT2D eigenvalue weighted by Crippen LogP contribution is -2.13. The van der Waals surface area contributed by atoms with Gasteiger partial charge in [0.05, 0.1) is 12.0 Å². The van der Waals surface area contributed by atoms with Gasteiger partial charge in [-0.1, -0.05) is 11.8 Å². The molecule has 3 rings (SSSR count). The summed E-state index contributed by atoms with van der Waals surface area (Å²) in [6.45, 7) is 0. The standard InChI is InChI=1S/C14H13N5O4S3/c1-26(21,22)19-10-4-2-9(3-5-10)12-17-18-14(23-12)25-8-11(20)16-13-15-6-7-24-13/h2-7,19H,8H2,1H3,(H,15,16,20). The van der Waals surface area contributed by atoms with Gasteiger partial charge in [0.15, 0.2) is 5.13 Å². The molecule has 9 nitrogen and oxygen atoms in total. The largest absolute Gasteiger partial charge is 0.411 e.